The zero-order chi connectivity index (χ0) is 20.8. The Morgan fingerprint density at radius 1 is 0.857 bits per heavy atom. The monoisotopic (exact) mass is 391 g/mol. The van der Waals surface area contributed by atoms with E-state index in [1.54, 1.807) is 29.4 Å². The smallest absolute Gasteiger partial charge is 0.336 e. The van der Waals surface area contributed by atoms with Crippen LogP contribution in [0.5, 0.6) is 17.2 Å². The van der Waals surface area contributed by atoms with Gasteiger partial charge in [0.2, 0.25) is 5.75 Å². The Balaban J connectivity index is 2.74. The van der Waals surface area contributed by atoms with E-state index in [2.05, 4.69) is 0 Å². The highest BCUT2D eigenvalue weighted by atomic mass is 16.5. The molecule has 0 bridgehead atoms. The number of carbonyl (C=O) groups is 2. The molecule has 0 saturated heterocycles. The fourth-order valence-corrected chi connectivity index (χ4v) is 3.10. The van der Waals surface area contributed by atoms with Gasteiger partial charge in [0.15, 0.2) is 11.5 Å². The summed E-state index contributed by atoms with van der Waals surface area (Å²) in [5.41, 5.74) is 1.18. The largest absolute Gasteiger partial charge is 0.493 e. The number of hydrogen-bond donors (Lipinski definition) is 0. The lowest BCUT2D eigenvalue weighted by Crippen LogP contribution is -2.28. The molecule has 0 N–H and O–H groups in total. The summed E-state index contributed by atoms with van der Waals surface area (Å²) >= 11 is 0. The molecule has 1 aromatic carbocycles. The minimum absolute atomic E-state index is 0.293. The van der Waals surface area contributed by atoms with E-state index in [1.165, 1.54) is 35.5 Å². The van der Waals surface area contributed by atoms with E-state index in [-0.39, 0.29) is 0 Å². The van der Waals surface area contributed by atoms with Crippen molar-refractivity contribution in [1.82, 2.24) is 4.90 Å². The minimum atomic E-state index is -0.726. The summed E-state index contributed by atoms with van der Waals surface area (Å²) in [6.07, 6.45) is 3.32. The van der Waals surface area contributed by atoms with E-state index in [0.29, 0.717) is 40.5 Å². The van der Waals surface area contributed by atoms with Gasteiger partial charge in [-0.3, -0.25) is 0 Å². The number of methoxy groups -OCH3 is 5. The summed E-state index contributed by atoms with van der Waals surface area (Å²) in [4.78, 5) is 26.8. The Labute approximate surface area is 164 Å². The molecule has 0 unspecified atom stereocenters. The number of nitrogens with zero attached hydrogens (tertiary/aromatic N) is 1. The zero-order valence-electron chi connectivity index (χ0n) is 16.9. The molecule has 0 amide bonds. The van der Waals surface area contributed by atoms with Crippen molar-refractivity contribution in [2.24, 2.45) is 0 Å². The summed E-state index contributed by atoms with van der Waals surface area (Å²) in [5, 5.41) is 0. The molecule has 1 aromatic rings. The maximum atomic E-state index is 12.5. The SMILES string of the molecule is CCN1C=C(C(=O)OC)C(c2cc(OC)c(OC)c(OC)c2)C(C(=O)OC)=C1. The molecule has 0 radical (unpaired) electrons. The van der Waals surface area contributed by atoms with E-state index >= 15 is 0 Å². The van der Waals surface area contributed by atoms with Gasteiger partial charge in [0, 0.05) is 18.9 Å². The minimum Gasteiger partial charge on any atom is -0.493 e. The van der Waals surface area contributed by atoms with Crippen molar-refractivity contribution in [2.45, 2.75) is 12.8 Å². The lowest BCUT2D eigenvalue weighted by atomic mass is 9.83. The molecule has 0 spiro atoms. The molecular weight excluding hydrogens is 366 g/mol. The van der Waals surface area contributed by atoms with Gasteiger partial charge < -0.3 is 28.6 Å². The normalized spacial score (nSPS) is 14.0. The van der Waals surface area contributed by atoms with Gasteiger partial charge in [0.1, 0.15) is 0 Å². The van der Waals surface area contributed by atoms with Crippen molar-refractivity contribution >= 4 is 11.9 Å². The van der Waals surface area contributed by atoms with Crippen LogP contribution >= 0.6 is 0 Å². The molecule has 1 aliphatic heterocycles. The van der Waals surface area contributed by atoms with Gasteiger partial charge in [-0.25, -0.2) is 9.59 Å². The van der Waals surface area contributed by atoms with Crippen LogP contribution in [0.3, 0.4) is 0 Å². The maximum Gasteiger partial charge on any atom is 0.336 e. The number of esters is 2. The van der Waals surface area contributed by atoms with Crippen LogP contribution in [0.15, 0.2) is 35.7 Å². The average molecular weight is 391 g/mol. The Hall–Kier alpha value is -3.16. The van der Waals surface area contributed by atoms with E-state index in [4.69, 9.17) is 23.7 Å². The standard InChI is InChI=1S/C20H25NO7/c1-7-21-10-13(19(22)27-5)17(14(11-21)20(23)28-6)12-8-15(24-2)18(26-4)16(9-12)25-3/h8-11,17H,7H2,1-6H3. The van der Waals surface area contributed by atoms with Crippen LogP contribution in [0.1, 0.15) is 18.4 Å². The predicted molar refractivity (Wildman–Crippen MR) is 101 cm³/mol. The van der Waals surface area contributed by atoms with Crippen molar-refractivity contribution in [3.63, 3.8) is 0 Å². The van der Waals surface area contributed by atoms with Crippen LogP contribution in [0.2, 0.25) is 0 Å². The van der Waals surface area contributed by atoms with Crippen LogP contribution < -0.4 is 14.2 Å². The van der Waals surface area contributed by atoms with E-state index in [9.17, 15) is 9.59 Å². The summed E-state index contributed by atoms with van der Waals surface area (Å²) < 4.78 is 26.1. The number of ether oxygens (including phenoxy) is 5. The Morgan fingerprint density at radius 2 is 1.32 bits per heavy atom. The summed E-state index contributed by atoms with van der Waals surface area (Å²) in [7, 11) is 7.08. The van der Waals surface area contributed by atoms with E-state index in [1.807, 2.05) is 6.92 Å². The Bertz CT molecular complexity index is 754. The highest BCUT2D eigenvalue weighted by Crippen LogP contribution is 2.44. The maximum absolute atomic E-state index is 12.5. The molecule has 152 valence electrons. The van der Waals surface area contributed by atoms with Gasteiger partial charge in [-0.05, 0) is 24.6 Å². The molecule has 0 fully saturated rings. The third-order valence-corrected chi connectivity index (χ3v) is 4.46. The molecular formula is C20H25NO7. The third kappa shape index (κ3) is 3.90. The molecule has 2 rings (SSSR count). The first-order chi connectivity index (χ1) is 13.4. The molecule has 1 heterocycles. The second-order valence-corrected chi connectivity index (χ2v) is 5.87. The summed E-state index contributed by atoms with van der Waals surface area (Å²) in [6.45, 7) is 2.46. The molecule has 0 aromatic heterocycles. The highest BCUT2D eigenvalue weighted by Gasteiger charge is 2.36. The fourth-order valence-electron chi connectivity index (χ4n) is 3.10. The summed E-state index contributed by atoms with van der Waals surface area (Å²) in [6, 6.07) is 3.39. The van der Waals surface area contributed by atoms with Gasteiger partial charge in [0.25, 0.3) is 0 Å². The topological polar surface area (TPSA) is 83.5 Å². The molecule has 0 atom stereocenters. The van der Waals surface area contributed by atoms with E-state index in [0.717, 1.165) is 0 Å². The van der Waals surface area contributed by atoms with Crippen LogP contribution in [-0.2, 0) is 19.1 Å². The first-order valence-electron chi connectivity index (χ1n) is 8.61. The molecule has 1 aliphatic rings. The van der Waals surface area contributed by atoms with Gasteiger partial charge in [-0.1, -0.05) is 0 Å². The van der Waals surface area contributed by atoms with Gasteiger partial charge in [0.05, 0.1) is 52.6 Å². The molecule has 28 heavy (non-hydrogen) atoms. The summed E-state index contributed by atoms with van der Waals surface area (Å²) in [5.74, 6) is -0.604. The second kappa shape index (κ2) is 9.16. The predicted octanol–water partition coefficient (Wildman–Crippen LogP) is 2.25. The van der Waals surface area contributed by atoms with Gasteiger partial charge >= 0.3 is 11.9 Å². The lowest BCUT2D eigenvalue weighted by molar-refractivity contribution is -0.137. The van der Waals surface area contributed by atoms with Crippen LogP contribution in [0, 0.1) is 0 Å². The number of hydrogen-bond acceptors (Lipinski definition) is 8. The van der Waals surface area contributed by atoms with Crippen LogP contribution in [0.4, 0.5) is 0 Å². The average Bonchev–Trinajstić information content (AvgIpc) is 2.75. The third-order valence-electron chi connectivity index (χ3n) is 4.46. The number of carbonyl (C=O) groups excluding carboxylic acids is 2. The Kier molecular flexibility index (Phi) is 6.92. The highest BCUT2D eigenvalue weighted by molar-refractivity contribution is 5.98. The fraction of sp³-hybridized carbons (Fsp3) is 0.400. The molecule has 8 nitrogen and oxygen atoms in total. The van der Waals surface area contributed by atoms with E-state index < -0.39 is 17.9 Å². The molecule has 0 saturated carbocycles. The Morgan fingerprint density at radius 3 is 1.64 bits per heavy atom. The lowest BCUT2D eigenvalue weighted by Gasteiger charge is -2.30. The van der Waals surface area contributed by atoms with Crippen LogP contribution in [0.25, 0.3) is 0 Å². The quantitative estimate of drug-likeness (QED) is 0.655. The van der Waals surface area contributed by atoms with Crippen molar-refractivity contribution in [3.8, 4) is 17.2 Å². The van der Waals surface area contributed by atoms with Gasteiger partial charge in [-0.2, -0.15) is 0 Å². The van der Waals surface area contributed by atoms with Gasteiger partial charge in [-0.15, -0.1) is 0 Å². The van der Waals surface area contributed by atoms with Crippen molar-refractivity contribution < 1.29 is 33.3 Å². The first kappa shape index (κ1) is 21.1. The second-order valence-electron chi connectivity index (χ2n) is 5.87. The number of rotatable bonds is 7. The van der Waals surface area contributed by atoms with Crippen LogP contribution in [-0.4, -0.2) is 58.9 Å². The molecule has 8 heteroatoms. The molecule has 0 aliphatic carbocycles. The number of benzene rings is 1. The zero-order valence-corrected chi connectivity index (χ0v) is 16.9. The van der Waals surface area contributed by atoms with Crippen molar-refractivity contribution in [2.75, 3.05) is 42.1 Å². The van der Waals surface area contributed by atoms with Crippen molar-refractivity contribution in [1.29, 1.82) is 0 Å². The van der Waals surface area contributed by atoms with Crippen molar-refractivity contribution in [3.05, 3.63) is 41.2 Å². The first-order valence-corrected chi connectivity index (χ1v) is 8.61.